The van der Waals surface area contributed by atoms with Gasteiger partial charge in [0.2, 0.25) is 0 Å². The lowest BCUT2D eigenvalue weighted by molar-refractivity contribution is 0.0993. The maximum absolute atomic E-state index is 11.6. The van der Waals surface area contributed by atoms with E-state index in [0.29, 0.717) is 23.0 Å². The number of nitrogens with two attached hydrogens (primary N) is 1. The van der Waals surface area contributed by atoms with Crippen LogP contribution < -0.4 is 11.1 Å². The number of ketones is 1. The van der Waals surface area contributed by atoms with Crippen LogP contribution in [-0.4, -0.2) is 36.9 Å². The summed E-state index contributed by atoms with van der Waals surface area (Å²) >= 11 is 1.46. The van der Waals surface area contributed by atoms with Crippen LogP contribution in [0, 0.1) is 0 Å². The minimum Gasteiger partial charge on any atom is -0.397 e. The molecule has 5 heteroatoms. The highest BCUT2D eigenvalue weighted by atomic mass is 32.1. The van der Waals surface area contributed by atoms with Gasteiger partial charge < -0.3 is 16.0 Å². The second-order valence-corrected chi connectivity index (χ2v) is 6.08. The molecule has 1 aromatic rings. The molecule has 1 heterocycles. The van der Waals surface area contributed by atoms with Gasteiger partial charge in [0.05, 0.1) is 15.6 Å². The van der Waals surface area contributed by atoms with Crippen LogP contribution in [0.15, 0.2) is 6.07 Å². The van der Waals surface area contributed by atoms with Crippen molar-refractivity contribution in [1.82, 2.24) is 4.90 Å². The van der Waals surface area contributed by atoms with E-state index in [1.54, 1.807) is 0 Å². The normalized spacial score (nSPS) is 11.3. The van der Waals surface area contributed by atoms with Gasteiger partial charge in [-0.2, -0.15) is 0 Å². The van der Waals surface area contributed by atoms with Crippen LogP contribution in [-0.2, 0) is 0 Å². The van der Waals surface area contributed by atoms with Crippen molar-refractivity contribution < 1.29 is 4.79 Å². The highest BCUT2D eigenvalue weighted by Gasteiger charge is 2.12. The minimum absolute atomic E-state index is 0.120. The Bertz CT molecular complexity index is 415. The maximum Gasteiger partial charge on any atom is 0.174 e. The van der Waals surface area contributed by atoms with Crippen molar-refractivity contribution in [3.63, 3.8) is 0 Å². The van der Waals surface area contributed by atoms with Gasteiger partial charge in [-0.1, -0.05) is 6.92 Å². The third kappa shape index (κ3) is 4.84. The fourth-order valence-corrected chi connectivity index (χ4v) is 2.68. The highest BCUT2D eigenvalue weighted by Crippen LogP contribution is 2.30. The predicted octanol–water partition coefficient (Wildman–Crippen LogP) is 3.07. The maximum atomic E-state index is 11.6. The third-order valence-electron chi connectivity index (χ3n) is 3.20. The molecule has 0 fully saturated rings. The molecular formula is C14H25N3OS. The van der Waals surface area contributed by atoms with Crippen molar-refractivity contribution in [3.05, 3.63) is 10.9 Å². The van der Waals surface area contributed by atoms with Gasteiger partial charge in [0, 0.05) is 19.0 Å². The summed E-state index contributed by atoms with van der Waals surface area (Å²) in [5.74, 6) is 0.120. The largest absolute Gasteiger partial charge is 0.397 e. The van der Waals surface area contributed by atoms with Crippen LogP contribution in [0.3, 0.4) is 0 Å². The zero-order valence-electron chi connectivity index (χ0n) is 12.3. The summed E-state index contributed by atoms with van der Waals surface area (Å²) in [6, 6.07) is 2.44. The summed E-state index contributed by atoms with van der Waals surface area (Å²) < 4.78 is 0. The predicted molar refractivity (Wildman–Crippen MR) is 84.2 cm³/mol. The first-order valence-electron chi connectivity index (χ1n) is 6.82. The molecule has 0 spiro atoms. The molecule has 0 aliphatic rings. The Morgan fingerprint density at radius 3 is 2.79 bits per heavy atom. The molecule has 1 rings (SSSR count). The molecule has 0 saturated heterocycles. The Labute approximate surface area is 120 Å². The molecule has 0 atom stereocenters. The van der Waals surface area contributed by atoms with E-state index in [0.717, 1.165) is 24.5 Å². The van der Waals surface area contributed by atoms with Gasteiger partial charge in [-0.05, 0) is 39.9 Å². The number of thiophene rings is 1. The molecule has 4 nitrogen and oxygen atoms in total. The Hall–Kier alpha value is -1.07. The topological polar surface area (TPSA) is 58.4 Å². The average Bonchev–Trinajstić information content (AvgIpc) is 2.74. The van der Waals surface area contributed by atoms with E-state index < -0.39 is 0 Å². The Balaban J connectivity index is 2.40. The number of hydrogen-bond acceptors (Lipinski definition) is 5. The standard InChI is InChI=1S/C14H25N3OS/c1-5-12(18)14-11(15)9-13(19-14)16-7-6-8-17(4)10(2)3/h9-10,16H,5-8,15H2,1-4H3. The lowest BCUT2D eigenvalue weighted by atomic mass is 10.2. The molecule has 3 N–H and O–H groups in total. The molecule has 0 aromatic carbocycles. The van der Waals surface area contributed by atoms with Crippen molar-refractivity contribution in [1.29, 1.82) is 0 Å². The SMILES string of the molecule is CCC(=O)c1sc(NCCCN(C)C(C)C)cc1N. The molecule has 0 saturated carbocycles. The summed E-state index contributed by atoms with van der Waals surface area (Å²) in [6.07, 6.45) is 1.58. The summed E-state index contributed by atoms with van der Waals surface area (Å²) in [6.45, 7) is 8.20. The summed E-state index contributed by atoms with van der Waals surface area (Å²) in [7, 11) is 2.13. The van der Waals surface area contributed by atoms with Crippen LogP contribution in [0.4, 0.5) is 10.7 Å². The van der Waals surface area contributed by atoms with Gasteiger partial charge in [0.15, 0.2) is 5.78 Å². The Kier molecular flexibility index (Phi) is 6.31. The minimum atomic E-state index is 0.120. The van der Waals surface area contributed by atoms with Gasteiger partial charge in [-0.15, -0.1) is 11.3 Å². The van der Waals surface area contributed by atoms with Gasteiger partial charge in [0.25, 0.3) is 0 Å². The van der Waals surface area contributed by atoms with Gasteiger partial charge in [-0.3, -0.25) is 4.79 Å². The number of carbonyl (C=O) groups is 1. The van der Waals surface area contributed by atoms with E-state index >= 15 is 0 Å². The quantitative estimate of drug-likeness (QED) is 0.568. The lowest BCUT2D eigenvalue weighted by Crippen LogP contribution is -2.28. The van der Waals surface area contributed by atoms with Gasteiger partial charge in [-0.25, -0.2) is 0 Å². The summed E-state index contributed by atoms with van der Waals surface area (Å²) in [4.78, 5) is 14.6. The number of Topliss-reactive ketones (excluding diaryl/α,β-unsaturated/α-hetero) is 1. The average molecular weight is 283 g/mol. The zero-order chi connectivity index (χ0) is 14.4. The molecule has 0 amide bonds. The first-order chi connectivity index (χ1) is 8.95. The number of nitrogens with one attached hydrogen (secondary N) is 1. The molecule has 0 aliphatic carbocycles. The van der Waals surface area contributed by atoms with E-state index in [4.69, 9.17) is 5.73 Å². The van der Waals surface area contributed by atoms with E-state index in [-0.39, 0.29) is 5.78 Å². The molecule has 0 bridgehead atoms. The van der Waals surface area contributed by atoms with E-state index in [9.17, 15) is 4.79 Å². The second kappa shape index (κ2) is 7.50. The first-order valence-corrected chi connectivity index (χ1v) is 7.64. The van der Waals surface area contributed by atoms with Crippen molar-refractivity contribution in [3.8, 4) is 0 Å². The number of nitrogen functional groups attached to an aromatic ring is 1. The molecule has 0 unspecified atom stereocenters. The Morgan fingerprint density at radius 1 is 1.53 bits per heavy atom. The molecular weight excluding hydrogens is 258 g/mol. The summed E-state index contributed by atoms with van der Waals surface area (Å²) in [5, 5.41) is 4.33. The van der Waals surface area contributed by atoms with Crippen molar-refractivity contribution >= 4 is 27.8 Å². The number of rotatable bonds is 8. The zero-order valence-corrected chi connectivity index (χ0v) is 13.1. The monoisotopic (exact) mass is 283 g/mol. The van der Waals surface area contributed by atoms with Crippen LogP contribution >= 0.6 is 11.3 Å². The molecule has 0 aliphatic heterocycles. The van der Waals surface area contributed by atoms with Crippen LogP contribution in [0.1, 0.15) is 43.3 Å². The molecule has 19 heavy (non-hydrogen) atoms. The van der Waals surface area contributed by atoms with E-state index in [1.165, 1.54) is 11.3 Å². The van der Waals surface area contributed by atoms with E-state index in [2.05, 4.69) is 31.1 Å². The fraction of sp³-hybridized carbons (Fsp3) is 0.643. The van der Waals surface area contributed by atoms with E-state index in [1.807, 2.05) is 13.0 Å². The number of hydrogen-bond donors (Lipinski definition) is 2. The smallest absolute Gasteiger partial charge is 0.174 e. The lowest BCUT2D eigenvalue weighted by Gasteiger charge is -2.20. The van der Waals surface area contributed by atoms with Gasteiger partial charge in [0.1, 0.15) is 0 Å². The second-order valence-electron chi connectivity index (χ2n) is 5.03. The number of carbonyl (C=O) groups excluding carboxylic acids is 1. The first kappa shape index (κ1) is 16.0. The fourth-order valence-electron chi connectivity index (χ4n) is 1.67. The third-order valence-corrected chi connectivity index (χ3v) is 4.35. The molecule has 1 aromatic heterocycles. The molecule has 0 radical (unpaired) electrons. The van der Waals surface area contributed by atoms with Crippen molar-refractivity contribution in [2.24, 2.45) is 0 Å². The van der Waals surface area contributed by atoms with Gasteiger partial charge >= 0.3 is 0 Å². The molecule has 108 valence electrons. The number of nitrogens with zero attached hydrogens (tertiary/aromatic N) is 1. The van der Waals surface area contributed by atoms with Crippen molar-refractivity contribution in [2.45, 2.75) is 39.7 Å². The van der Waals surface area contributed by atoms with Crippen LogP contribution in [0.5, 0.6) is 0 Å². The van der Waals surface area contributed by atoms with Crippen LogP contribution in [0.25, 0.3) is 0 Å². The Morgan fingerprint density at radius 2 is 2.21 bits per heavy atom. The van der Waals surface area contributed by atoms with Crippen molar-refractivity contribution in [2.75, 3.05) is 31.2 Å². The van der Waals surface area contributed by atoms with Crippen LogP contribution in [0.2, 0.25) is 0 Å². The number of anilines is 2. The summed E-state index contributed by atoms with van der Waals surface area (Å²) in [5.41, 5.74) is 6.45. The highest BCUT2D eigenvalue weighted by molar-refractivity contribution is 7.18.